The number of pyridine rings is 2. The SMILES string of the molecule is CC1(C)C(C(=O)Nc2ccc(Nc3cncc(F)c3)cn2)C1(C)C. The summed E-state index contributed by atoms with van der Waals surface area (Å²) in [6.45, 7) is 8.41. The van der Waals surface area contributed by atoms with Gasteiger partial charge in [0.05, 0.1) is 30.0 Å². The molecule has 0 saturated heterocycles. The van der Waals surface area contributed by atoms with E-state index in [0.29, 0.717) is 17.2 Å². The van der Waals surface area contributed by atoms with Crippen LogP contribution < -0.4 is 10.6 Å². The Balaban J connectivity index is 1.64. The third kappa shape index (κ3) is 2.84. The van der Waals surface area contributed by atoms with Crippen LogP contribution in [-0.4, -0.2) is 15.9 Å². The van der Waals surface area contributed by atoms with Crippen LogP contribution in [0.5, 0.6) is 0 Å². The third-order valence-corrected chi connectivity index (χ3v) is 5.29. The Morgan fingerprint density at radius 3 is 2.33 bits per heavy atom. The molecule has 0 aliphatic heterocycles. The van der Waals surface area contributed by atoms with Crippen molar-refractivity contribution in [3.8, 4) is 0 Å². The minimum atomic E-state index is -0.411. The third-order valence-electron chi connectivity index (χ3n) is 5.29. The lowest BCUT2D eigenvalue weighted by molar-refractivity contribution is -0.118. The second-order valence-electron chi connectivity index (χ2n) is 7.31. The van der Waals surface area contributed by atoms with Crippen molar-refractivity contribution in [2.24, 2.45) is 16.7 Å². The Morgan fingerprint density at radius 1 is 1.08 bits per heavy atom. The van der Waals surface area contributed by atoms with E-state index in [2.05, 4.69) is 48.3 Å². The normalized spacial score (nSPS) is 18.0. The Kier molecular flexibility index (Phi) is 3.78. The summed E-state index contributed by atoms with van der Waals surface area (Å²) in [5.74, 6) is 0.0587. The highest BCUT2D eigenvalue weighted by molar-refractivity contribution is 5.95. The molecular weight excluding hydrogens is 307 g/mol. The number of hydrogen-bond acceptors (Lipinski definition) is 4. The highest BCUT2D eigenvalue weighted by Gasteiger charge is 2.68. The van der Waals surface area contributed by atoms with E-state index in [4.69, 9.17) is 0 Å². The van der Waals surface area contributed by atoms with Crippen molar-refractivity contribution < 1.29 is 9.18 Å². The second kappa shape index (κ2) is 5.54. The molecule has 0 bridgehead atoms. The summed E-state index contributed by atoms with van der Waals surface area (Å²) >= 11 is 0. The maximum atomic E-state index is 13.1. The van der Waals surface area contributed by atoms with Crippen LogP contribution in [-0.2, 0) is 4.79 Å². The smallest absolute Gasteiger partial charge is 0.229 e. The first-order valence-corrected chi connectivity index (χ1v) is 7.86. The fourth-order valence-electron chi connectivity index (χ4n) is 3.24. The second-order valence-corrected chi connectivity index (χ2v) is 7.31. The number of rotatable bonds is 4. The molecule has 3 rings (SSSR count). The number of nitrogens with one attached hydrogen (secondary N) is 2. The van der Waals surface area contributed by atoms with E-state index in [1.807, 2.05) is 0 Å². The van der Waals surface area contributed by atoms with E-state index in [1.165, 1.54) is 12.3 Å². The molecule has 2 aromatic rings. The number of carbonyl (C=O) groups is 1. The number of carbonyl (C=O) groups excluding carboxylic acids is 1. The molecule has 0 aromatic carbocycles. The summed E-state index contributed by atoms with van der Waals surface area (Å²) in [6, 6.07) is 4.84. The molecule has 1 aliphatic rings. The Bertz CT molecular complexity index is 757. The van der Waals surface area contributed by atoms with E-state index in [9.17, 15) is 9.18 Å². The van der Waals surface area contributed by atoms with Gasteiger partial charge in [-0.05, 0) is 23.0 Å². The van der Waals surface area contributed by atoms with Crippen molar-refractivity contribution in [3.63, 3.8) is 0 Å². The highest BCUT2D eigenvalue weighted by atomic mass is 19.1. The lowest BCUT2D eigenvalue weighted by atomic mass is 10.0. The first kappa shape index (κ1) is 16.4. The van der Waals surface area contributed by atoms with Crippen LogP contribution in [0.1, 0.15) is 27.7 Å². The van der Waals surface area contributed by atoms with Gasteiger partial charge >= 0.3 is 0 Å². The monoisotopic (exact) mass is 328 g/mol. The molecule has 126 valence electrons. The first-order chi connectivity index (χ1) is 11.2. The van der Waals surface area contributed by atoms with Crippen LogP contribution in [0.4, 0.5) is 21.6 Å². The fraction of sp³-hybridized carbons (Fsp3) is 0.389. The molecule has 6 heteroatoms. The summed E-state index contributed by atoms with van der Waals surface area (Å²) in [4.78, 5) is 20.4. The minimum absolute atomic E-state index is 0.00691. The van der Waals surface area contributed by atoms with Gasteiger partial charge in [0.1, 0.15) is 11.6 Å². The molecule has 1 amide bonds. The molecule has 2 N–H and O–H groups in total. The number of hydrogen-bond donors (Lipinski definition) is 2. The van der Waals surface area contributed by atoms with E-state index < -0.39 is 5.82 Å². The number of nitrogens with zero attached hydrogens (tertiary/aromatic N) is 2. The highest BCUT2D eigenvalue weighted by Crippen LogP contribution is 2.68. The minimum Gasteiger partial charge on any atom is -0.353 e. The zero-order valence-electron chi connectivity index (χ0n) is 14.2. The van der Waals surface area contributed by atoms with Crippen LogP contribution in [0.2, 0.25) is 0 Å². The van der Waals surface area contributed by atoms with Crippen molar-refractivity contribution in [3.05, 3.63) is 42.6 Å². The van der Waals surface area contributed by atoms with Gasteiger partial charge in [0.25, 0.3) is 0 Å². The predicted octanol–water partition coefficient (Wildman–Crippen LogP) is 3.98. The van der Waals surface area contributed by atoms with Crippen LogP contribution in [0.3, 0.4) is 0 Å². The number of aromatic nitrogens is 2. The van der Waals surface area contributed by atoms with Gasteiger partial charge in [-0.1, -0.05) is 27.7 Å². The van der Waals surface area contributed by atoms with Crippen molar-refractivity contribution in [1.82, 2.24) is 9.97 Å². The average Bonchev–Trinajstić information content (AvgIpc) is 2.91. The molecule has 0 atom stereocenters. The zero-order valence-corrected chi connectivity index (χ0v) is 14.2. The molecule has 1 saturated carbocycles. The van der Waals surface area contributed by atoms with Crippen LogP contribution in [0.15, 0.2) is 36.8 Å². The van der Waals surface area contributed by atoms with Crippen LogP contribution in [0.25, 0.3) is 0 Å². The van der Waals surface area contributed by atoms with Crippen LogP contribution in [0, 0.1) is 22.6 Å². The van der Waals surface area contributed by atoms with Gasteiger partial charge < -0.3 is 10.6 Å². The predicted molar refractivity (Wildman–Crippen MR) is 91.4 cm³/mol. The molecule has 2 heterocycles. The van der Waals surface area contributed by atoms with Crippen molar-refractivity contribution in [2.45, 2.75) is 27.7 Å². The van der Waals surface area contributed by atoms with Gasteiger partial charge in [-0.2, -0.15) is 0 Å². The van der Waals surface area contributed by atoms with Gasteiger partial charge in [0, 0.05) is 12.0 Å². The quantitative estimate of drug-likeness (QED) is 0.891. The number of amides is 1. The van der Waals surface area contributed by atoms with E-state index in [0.717, 1.165) is 6.20 Å². The molecule has 0 unspecified atom stereocenters. The number of halogens is 1. The van der Waals surface area contributed by atoms with Gasteiger partial charge in [-0.3, -0.25) is 9.78 Å². The molecule has 0 radical (unpaired) electrons. The average molecular weight is 328 g/mol. The molecule has 2 aromatic heterocycles. The summed E-state index contributed by atoms with van der Waals surface area (Å²) in [5, 5.41) is 5.87. The Labute approximate surface area is 140 Å². The van der Waals surface area contributed by atoms with Gasteiger partial charge in [0.2, 0.25) is 5.91 Å². The molecule has 1 fully saturated rings. The topological polar surface area (TPSA) is 66.9 Å². The van der Waals surface area contributed by atoms with Gasteiger partial charge in [0.15, 0.2) is 0 Å². The maximum Gasteiger partial charge on any atom is 0.229 e. The molecule has 24 heavy (non-hydrogen) atoms. The van der Waals surface area contributed by atoms with Gasteiger partial charge in [-0.25, -0.2) is 9.37 Å². The molecular formula is C18H21FN4O. The molecule has 0 spiro atoms. The van der Waals surface area contributed by atoms with Crippen molar-refractivity contribution in [2.75, 3.05) is 10.6 Å². The lowest BCUT2D eigenvalue weighted by Crippen LogP contribution is -2.18. The van der Waals surface area contributed by atoms with E-state index in [1.54, 1.807) is 18.3 Å². The summed E-state index contributed by atoms with van der Waals surface area (Å²) < 4.78 is 13.1. The lowest BCUT2D eigenvalue weighted by Gasteiger charge is -2.08. The summed E-state index contributed by atoms with van der Waals surface area (Å²) in [5.41, 5.74) is 1.20. The van der Waals surface area contributed by atoms with Gasteiger partial charge in [-0.15, -0.1) is 0 Å². The van der Waals surface area contributed by atoms with E-state index >= 15 is 0 Å². The van der Waals surface area contributed by atoms with Crippen LogP contribution >= 0.6 is 0 Å². The summed E-state index contributed by atoms with van der Waals surface area (Å²) in [6.07, 6.45) is 4.25. The largest absolute Gasteiger partial charge is 0.353 e. The summed E-state index contributed by atoms with van der Waals surface area (Å²) in [7, 11) is 0. The standard InChI is InChI=1S/C18H21FN4O/c1-17(2)15(18(17,3)4)16(24)23-14-6-5-12(10-21-14)22-13-7-11(19)8-20-9-13/h5-10,15,22H,1-4H3,(H,21,23,24). The Hall–Kier alpha value is -2.50. The Morgan fingerprint density at radius 2 is 1.79 bits per heavy atom. The van der Waals surface area contributed by atoms with Crippen molar-refractivity contribution in [1.29, 1.82) is 0 Å². The first-order valence-electron chi connectivity index (χ1n) is 7.86. The fourth-order valence-corrected chi connectivity index (χ4v) is 3.24. The molecule has 1 aliphatic carbocycles. The van der Waals surface area contributed by atoms with E-state index in [-0.39, 0.29) is 22.7 Å². The molecule has 5 nitrogen and oxygen atoms in total. The van der Waals surface area contributed by atoms with Crippen molar-refractivity contribution >= 4 is 23.1 Å². The number of anilines is 3. The zero-order chi connectivity index (χ0) is 17.5. The maximum absolute atomic E-state index is 13.1.